The number of hydrogen-bond acceptors (Lipinski definition) is 13. The molecule has 0 amide bonds. The highest BCUT2D eigenvalue weighted by molar-refractivity contribution is 6.64. The van der Waals surface area contributed by atoms with E-state index < -0.39 is 70.1 Å². The molecule has 1 saturated heterocycles. The predicted molar refractivity (Wildman–Crippen MR) is 173 cm³/mol. The van der Waals surface area contributed by atoms with Gasteiger partial charge in [-0.2, -0.15) is 0 Å². The molecule has 1 fully saturated rings. The highest BCUT2D eigenvalue weighted by Crippen LogP contribution is 2.60. The summed E-state index contributed by atoms with van der Waals surface area (Å²) in [6.07, 6.45) is 0.699. The monoisotopic (exact) mass is 645 g/mol. The molecule has 0 saturated carbocycles. The van der Waals surface area contributed by atoms with E-state index in [1.807, 2.05) is 27.7 Å². The first kappa shape index (κ1) is 32.0. The van der Waals surface area contributed by atoms with Crippen LogP contribution in [0.25, 0.3) is 10.8 Å². The number of ether oxygens (including phenoxy) is 2. The minimum Gasteiger partial charge on any atom is -0.508 e. The van der Waals surface area contributed by atoms with Crippen molar-refractivity contribution in [3.05, 3.63) is 51.7 Å². The first-order chi connectivity index (χ1) is 21.7. The van der Waals surface area contributed by atoms with Crippen LogP contribution in [0.5, 0.6) is 40.2 Å². The lowest BCUT2D eigenvalue weighted by atomic mass is 9.71. The van der Waals surface area contributed by atoms with E-state index in [-0.39, 0.29) is 61.4 Å². The third-order valence-corrected chi connectivity index (χ3v) is 9.57. The zero-order valence-corrected chi connectivity index (χ0v) is 26.9. The Morgan fingerprint density at radius 2 is 1.26 bits per heavy atom. The number of rotatable bonds is 1. The second kappa shape index (κ2) is 9.99. The molecule has 3 aromatic rings. The molecule has 3 aromatic carbocycles. The molecule has 6 rings (SSSR count). The lowest BCUT2D eigenvalue weighted by Gasteiger charge is -2.37. The summed E-state index contributed by atoms with van der Waals surface area (Å²) >= 11 is 0. The Hall–Kier alpha value is -5.01. The molecular formula is C32H33B2NO12. The number of aromatic hydroxyl groups is 5. The van der Waals surface area contributed by atoms with E-state index in [1.165, 1.54) is 18.7 Å². The van der Waals surface area contributed by atoms with Gasteiger partial charge in [0, 0.05) is 22.0 Å². The Kier molecular flexibility index (Phi) is 6.79. The van der Waals surface area contributed by atoms with Crippen molar-refractivity contribution < 1.29 is 59.6 Å². The average Bonchev–Trinajstić information content (AvgIpc) is 3.22. The molecule has 244 valence electrons. The second-order valence-corrected chi connectivity index (χ2v) is 12.8. The van der Waals surface area contributed by atoms with Gasteiger partial charge in [-0.05, 0) is 71.8 Å². The highest BCUT2D eigenvalue weighted by Gasteiger charge is 2.53. The van der Waals surface area contributed by atoms with Gasteiger partial charge in [-0.25, -0.2) is 0 Å². The van der Waals surface area contributed by atoms with E-state index in [2.05, 4.69) is 0 Å². The standard InChI is InChI=1S/C32H33B2NO12/c1-10-15-16(11(2)21(37)18(10)34-46-31(5,6)32(7,8)47-34)29-20(24(40)17(15)33)35-13(4)28(26(42)23(39)14(36)9-44-29)45-30-19(35)12(3)22(38)25(41)27(30)43/h9,36-43H,1-8H3/b14-9-,26-23-. The van der Waals surface area contributed by atoms with Crippen molar-refractivity contribution in [2.45, 2.75) is 66.6 Å². The molecule has 3 heterocycles. The molecule has 3 aliphatic rings. The number of aliphatic hydroxyl groups is 3. The largest absolute Gasteiger partial charge is 0.508 e. The van der Waals surface area contributed by atoms with Crippen LogP contribution in [0.4, 0.5) is 11.4 Å². The Morgan fingerprint density at radius 3 is 1.85 bits per heavy atom. The fourth-order valence-electron chi connectivity index (χ4n) is 6.17. The van der Waals surface area contributed by atoms with E-state index in [0.717, 1.165) is 0 Å². The second-order valence-electron chi connectivity index (χ2n) is 12.8. The number of benzene rings is 3. The summed E-state index contributed by atoms with van der Waals surface area (Å²) < 4.78 is 24.2. The summed E-state index contributed by atoms with van der Waals surface area (Å²) in [6.45, 7) is 13.5. The maximum atomic E-state index is 11.9. The maximum absolute atomic E-state index is 11.9. The van der Waals surface area contributed by atoms with Crippen LogP contribution in [0.15, 0.2) is 35.0 Å². The van der Waals surface area contributed by atoms with Gasteiger partial charge in [-0.3, -0.25) is 0 Å². The smallest absolute Gasteiger partial charge is 0.498 e. The van der Waals surface area contributed by atoms with Crippen molar-refractivity contribution in [2.24, 2.45) is 0 Å². The zero-order valence-electron chi connectivity index (χ0n) is 26.9. The molecule has 47 heavy (non-hydrogen) atoms. The molecule has 2 radical (unpaired) electrons. The van der Waals surface area contributed by atoms with E-state index in [4.69, 9.17) is 26.6 Å². The van der Waals surface area contributed by atoms with Crippen molar-refractivity contribution in [3.8, 4) is 40.2 Å². The fourth-order valence-corrected chi connectivity index (χ4v) is 6.17. The Bertz CT molecular complexity index is 2030. The van der Waals surface area contributed by atoms with E-state index in [9.17, 15) is 40.9 Å². The van der Waals surface area contributed by atoms with Crippen LogP contribution in [0, 0.1) is 20.8 Å². The maximum Gasteiger partial charge on any atom is 0.498 e. The summed E-state index contributed by atoms with van der Waals surface area (Å²) in [4.78, 5) is 1.23. The summed E-state index contributed by atoms with van der Waals surface area (Å²) in [7, 11) is 5.66. The summed E-state index contributed by atoms with van der Waals surface area (Å²) in [5.74, 6) is -7.63. The molecule has 0 spiro atoms. The lowest BCUT2D eigenvalue weighted by molar-refractivity contribution is 0.00578. The van der Waals surface area contributed by atoms with E-state index >= 15 is 0 Å². The molecule has 0 aromatic heterocycles. The number of phenolic OH excluding ortho intramolecular Hbond substituents is 5. The first-order valence-electron chi connectivity index (χ1n) is 14.6. The quantitative estimate of drug-likeness (QED) is 0.138. The third kappa shape index (κ3) is 4.12. The molecule has 0 atom stereocenters. The van der Waals surface area contributed by atoms with Gasteiger partial charge in [0.15, 0.2) is 28.8 Å². The molecular weight excluding hydrogens is 612 g/mol. The van der Waals surface area contributed by atoms with Gasteiger partial charge in [-0.15, -0.1) is 0 Å². The Morgan fingerprint density at radius 1 is 0.660 bits per heavy atom. The minimum atomic E-state index is -1.08. The molecule has 15 heteroatoms. The predicted octanol–water partition coefficient (Wildman–Crippen LogP) is 4.27. The number of aliphatic hydroxyl groups excluding tert-OH is 3. The van der Waals surface area contributed by atoms with Crippen LogP contribution in [-0.4, -0.2) is 67.0 Å². The van der Waals surface area contributed by atoms with Crippen LogP contribution in [0.1, 0.15) is 51.3 Å². The molecule has 13 nitrogen and oxygen atoms in total. The van der Waals surface area contributed by atoms with Gasteiger partial charge >= 0.3 is 7.12 Å². The van der Waals surface area contributed by atoms with Crippen LogP contribution in [0.3, 0.4) is 0 Å². The van der Waals surface area contributed by atoms with E-state index in [1.54, 1.807) is 13.8 Å². The van der Waals surface area contributed by atoms with Gasteiger partial charge in [0.25, 0.3) is 0 Å². The molecule has 8 N–H and O–H groups in total. The average molecular weight is 645 g/mol. The number of allylic oxidation sites excluding steroid dienone is 1. The number of aryl methyl sites for hydroxylation is 2. The third-order valence-electron chi connectivity index (χ3n) is 9.57. The number of nitrogens with zero attached hydrogens (tertiary/aromatic N) is 1. The van der Waals surface area contributed by atoms with Crippen LogP contribution in [-0.2, 0) is 9.31 Å². The Balaban J connectivity index is 1.78. The highest BCUT2D eigenvalue weighted by atomic mass is 16.7. The summed E-state index contributed by atoms with van der Waals surface area (Å²) in [6, 6.07) is 0. The van der Waals surface area contributed by atoms with Crippen molar-refractivity contribution >= 4 is 48.0 Å². The van der Waals surface area contributed by atoms with Gasteiger partial charge in [0.1, 0.15) is 37.0 Å². The molecule has 2 bridgehead atoms. The van der Waals surface area contributed by atoms with Crippen LogP contribution < -0.4 is 25.3 Å². The lowest BCUT2D eigenvalue weighted by Crippen LogP contribution is -2.41. The van der Waals surface area contributed by atoms with Gasteiger partial charge in [0.2, 0.25) is 23.0 Å². The number of anilines is 2. The van der Waals surface area contributed by atoms with Gasteiger partial charge in [0.05, 0.1) is 16.9 Å². The minimum absolute atomic E-state index is 0.0345. The summed E-state index contributed by atoms with van der Waals surface area (Å²) in [5, 5.41) is 88.5. The van der Waals surface area contributed by atoms with E-state index in [0.29, 0.717) is 11.8 Å². The molecule has 0 unspecified atom stereocenters. The van der Waals surface area contributed by atoms with Crippen molar-refractivity contribution in [2.75, 3.05) is 4.90 Å². The van der Waals surface area contributed by atoms with Crippen LogP contribution >= 0.6 is 0 Å². The van der Waals surface area contributed by atoms with Gasteiger partial charge in [-0.1, -0.05) is 0 Å². The SMILES string of the molecule is [B]c1c(O)c2c(c3c(C)c(O)c(B4OC(C)(C)C(C)(C)O4)c(C)c13)O/C=C(O)/C(O)=C(/O)C1=C(C)N2c2c(C)c(O)c(O)c(O)c2O1. The topological polar surface area (TPSA) is 202 Å². The number of hydrogen-bond donors (Lipinski definition) is 8. The van der Waals surface area contributed by atoms with Crippen molar-refractivity contribution in [3.63, 3.8) is 0 Å². The normalized spacial score (nSPS) is 21.1. The van der Waals surface area contributed by atoms with Crippen LogP contribution in [0.2, 0.25) is 0 Å². The van der Waals surface area contributed by atoms with Gasteiger partial charge < -0.3 is 64.5 Å². The number of phenols is 5. The van der Waals surface area contributed by atoms with Crippen molar-refractivity contribution in [1.29, 1.82) is 0 Å². The molecule has 3 aliphatic heterocycles. The molecule has 0 aliphatic carbocycles. The Labute approximate surface area is 271 Å². The van der Waals surface area contributed by atoms with Crippen molar-refractivity contribution in [1.82, 2.24) is 0 Å². The summed E-state index contributed by atoms with van der Waals surface area (Å²) in [5.41, 5.74) is -1.26. The first-order valence-corrected chi connectivity index (χ1v) is 14.6. The zero-order chi connectivity index (χ0) is 34.8. The number of fused-ring (bicyclic) bond motifs is 7. The fraction of sp³-hybridized carbons (Fsp3) is 0.312.